The molecular formula is C50H79N7O13. The van der Waals surface area contributed by atoms with Crippen molar-refractivity contribution in [1.82, 2.24) is 36.0 Å². The number of carbonyl (C=O) groups is 8. The topological polar surface area (TPSA) is 285 Å². The Hall–Kier alpha value is -5.86. The molecule has 1 aliphatic heterocycles. The third-order valence-corrected chi connectivity index (χ3v) is 12.2. The number of nitrogens with zero attached hydrogens (tertiary/aromatic N) is 3. The lowest BCUT2D eigenvalue weighted by Crippen LogP contribution is -2.59. The van der Waals surface area contributed by atoms with Crippen LogP contribution in [-0.2, 0) is 49.5 Å². The Labute approximate surface area is 412 Å². The van der Waals surface area contributed by atoms with Crippen LogP contribution in [-0.4, -0.2) is 172 Å². The molecule has 0 aromatic heterocycles. The van der Waals surface area contributed by atoms with Crippen molar-refractivity contribution in [3.8, 4) is 5.75 Å². The maximum Gasteiger partial charge on any atom is 0.329 e. The molecule has 0 unspecified atom stereocenters. The van der Waals surface area contributed by atoms with Gasteiger partial charge < -0.3 is 61.1 Å². The van der Waals surface area contributed by atoms with E-state index in [4.69, 9.17) is 4.74 Å². The van der Waals surface area contributed by atoms with Gasteiger partial charge in [-0.25, -0.2) is 4.79 Å². The van der Waals surface area contributed by atoms with E-state index in [0.717, 1.165) is 43.1 Å². The molecule has 2 rings (SSSR count). The first-order valence-electron chi connectivity index (χ1n) is 24.2. The number of aliphatic hydroxyl groups is 3. The second-order valence-corrected chi connectivity index (χ2v) is 18.9. The number of rotatable bonds is 25. The Kier molecular flexibility index (Phi) is 25.8. The third kappa shape index (κ3) is 18.8. The minimum atomic E-state index is -1.68. The quantitative estimate of drug-likeness (QED) is 0.0388. The average Bonchev–Trinajstić information content (AvgIpc) is 3.30. The number of esters is 1. The lowest BCUT2D eigenvalue weighted by molar-refractivity contribution is -0.157. The van der Waals surface area contributed by atoms with Gasteiger partial charge in [-0.1, -0.05) is 98.1 Å². The highest BCUT2D eigenvalue weighted by atomic mass is 16.5. The number of hydrogen-bond donors (Lipinski definition) is 8. The number of hydrogen-bond acceptors (Lipinski definition) is 13. The largest absolute Gasteiger partial charge is 0.508 e. The molecule has 20 nitrogen and oxygen atoms in total. The first kappa shape index (κ1) is 60.3. The van der Waals surface area contributed by atoms with Gasteiger partial charge in [0, 0.05) is 40.1 Å². The van der Waals surface area contributed by atoms with Crippen molar-refractivity contribution in [2.45, 2.75) is 148 Å². The SMILES string of the molecule is CCCCCC/C=C\CC(=O)N[C@@H](CO)C(=O)N[C@H](C(=O)N[C@@H](CO)[C@@H](O)CC(=O)N(C)[C@H](C(=O)N[C@@H]1/C=C/C(=O)N(C)[C@@H](C(C)C)C(=O)N(C)[C@@H](Cc2ccc(O)cc2)C(=O)OC1)C(C)C)C(C)C. The predicted octanol–water partition coefficient (Wildman–Crippen LogP) is 1.09. The van der Waals surface area contributed by atoms with Crippen molar-refractivity contribution in [1.29, 1.82) is 0 Å². The van der Waals surface area contributed by atoms with E-state index in [1.54, 1.807) is 59.8 Å². The number of unbranched alkanes of at least 4 members (excludes halogenated alkanes) is 4. The van der Waals surface area contributed by atoms with Crippen LogP contribution in [0.2, 0.25) is 0 Å². The number of aliphatic hydroxyl groups excluding tert-OH is 3. The molecule has 8 N–H and O–H groups in total. The van der Waals surface area contributed by atoms with E-state index in [-0.39, 0.29) is 24.5 Å². The normalized spacial score (nSPS) is 19.7. The Morgan fingerprint density at radius 1 is 0.843 bits per heavy atom. The van der Waals surface area contributed by atoms with Crippen LogP contribution in [0.4, 0.5) is 0 Å². The van der Waals surface area contributed by atoms with Crippen LogP contribution in [0.5, 0.6) is 5.75 Å². The first-order valence-corrected chi connectivity index (χ1v) is 24.2. The summed E-state index contributed by atoms with van der Waals surface area (Å²) < 4.78 is 5.70. The first-order chi connectivity index (χ1) is 33.0. The summed E-state index contributed by atoms with van der Waals surface area (Å²) in [5.74, 6) is -6.94. The van der Waals surface area contributed by atoms with Gasteiger partial charge in [0.2, 0.25) is 41.4 Å². The number of carbonyl (C=O) groups excluding carboxylic acids is 8. The van der Waals surface area contributed by atoms with Gasteiger partial charge in [0.25, 0.3) is 0 Å². The molecule has 7 amide bonds. The number of ether oxygens (including phenoxy) is 1. The standard InChI is InChI=1S/C50H79N7O13/c1-11-12-13-14-15-16-17-18-40(62)52-37(28-59)46(65)54-43(30(2)3)47(66)53-36(27-58)39(61)26-42(64)57(10)44(31(4)5)48(67)51-34-21-24-41(63)56(9)45(32(6)7)49(68)55(8)38(50(69)70-29-34)25-33-19-22-35(60)23-20-33/h16-17,19-24,30-32,34,36-39,43-45,58-61H,11-15,18,25-29H2,1-10H3,(H,51,67)(H,52,62)(H,53,66)(H,54,65)/b17-16-,24-21+/t34-,36+,37+,38+,39+,43+,44+,45+/m1/s1. The van der Waals surface area contributed by atoms with Crippen LogP contribution >= 0.6 is 0 Å². The molecule has 0 spiro atoms. The highest BCUT2D eigenvalue weighted by Gasteiger charge is 2.39. The summed E-state index contributed by atoms with van der Waals surface area (Å²) >= 11 is 0. The fraction of sp³-hybridized carbons (Fsp3) is 0.640. The van der Waals surface area contributed by atoms with Crippen molar-refractivity contribution < 1.29 is 63.5 Å². The second-order valence-electron chi connectivity index (χ2n) is 18.9. The lowest BCUT2D eigenvalue weighted by atomic mass is 9.98. The van der Waals surface area contributed by atoms with Crippen LogP contribution in [0, 0.1) is 17.8 Å². The summed E-state index contributed by atoms with van der Waals surface area (Å²) in [5, 5.41) is 51.3. The van der Waals surface area contributed by atoms with Crippen molar-refractivity contribution in [3.05, 3.63) is 54.1 Å². The van der Waals surface area contributed by atoms with Crippen LogP contribution in [0.15, 0.2) is 48.6 Å². The fourth-order valence-electron chi connectivity index (χ4n) is 7.94. The van der Waals surface area contributed by atoms with Crippen LogP contribution < -0.4 is 21.3 Å². The molecule has 0 bridgehead atoms. The average molecular weight is 986 g/mol. The van der Waals surface area contributed by atoms with Gasteiger partial charge >= 0.3 is 5.97 Å². The maximum atomic E-state index is 14.1. The molecule has 0 radical (unpaired) electrons. The number of likely N-dealkylation sites (N-methyl/N-ethyl adjacent to an activating group) is 3. The zero-order valence-corrected chi connectivity index (χ0v) is 42.6. The molecule has 392 valence electrons. The van der Waals surface area contributed by atoms with Crippen molar-refractivity contribution in [2.75, 3.05) is 41.0 Å². The number of aromatic hydroxyl groups is 1. The highest BCUT2D eigenvalue weighted by Crippen LogP contribution is 2.20. The second kappa shape index (κ2) is 30.0. The number of phenolic OH excluding ortho intramolecular Hbond substituents is 1. The number of amides is 7. The molecule has 0 saturated heterocycles. The van der Waals surface area contributed by atoms with E-state index in [9.17, 15) is 58.8 Å². The number of cyclic esters (lactones) is 1. The van der Waals surface area contributed by atoms with E-state index in [1.165, 1.54) is 49.2 Å². The summed E-state index contributed by atoms with van der Waals surface area (Å²) in [6, 6.07) is -2.38. The number of allylic oxidation sites excluding steroid dienone is 1. The zero-order valence-electron chi connectivity index (χ0n) is 42.6. The van der Waals surface area contributed by atoms with E-state index >= 15 is 0 Å². The van der Waals surface area contributed by atoms with Crippen molar-refractivity contribution >= 4 is 47.3 Å². The van der Waals surface area contributed by atoms with Gasteiger partial charge in [-0.15, -0.1) is 0 Å². The van der Waals surface area contributed by atoms with Crippen LogP contribution in [0.1, 0.15) is 99.0 Å². The zero-order chi connectivity index (χ0) is 52.8. The Morgan fingerprint density at radius 3 is 2.07 bits per heavy atom. The van der Waals surface area contributed by atoms with Gasteiger partial charge in [0.05, 0.1) is 37.8 Å². The molecule has 1 aromatic rings. The lowest BCUT2D eigenvalue weighted by Gasteiger charge is -2.36. The summed E-state index contributed by atoms with van der Waals surface area (Å²) in [7, 11) is 4.23. The molecule has 0 aliphatic carbocycles. The summed E-state index contributed by atoms with van der Waals surface area (Å²) in [4.78, 5) is 112. The van der Waals surface area contributed by atoms with Crippen molar-refractivity contribution in [3.63, 3.8) is 0 Å². The number of benzene rings is 1. The molecule has 20 heteroatoms. The van der Waals surface area contributed by atoms with E-state index < -0.39 is 134 Å². The predicted molar refractivity (Wildman–Crippen MR) is 261 cm³/mol. The number of phenols is 1. The molecule has 1 heterocycles. The molecule has 0 fully saturated rings. The Morgan fingerprint density at radius 2 is 1.50 bits per heavy atom. The highest BCUT2D eigenvalue weighted by molar-refractivity contribution is 5.95. The van der Waals surface area contributed by atoms with Crippen LogP contribution in [0.3, 0.4) is 0 Å². The Balaban J connectivity index is 2.22. The molecule has 70 heavy (non-hydrogen) atoms. The smallest absolute Gasteiger partial charge is 0.329 e. The maximum absolute atomic E-state index is 14.1. The van der Waals surface area contributed by atoms with E-state index in [1.807, 2.05) is 6.08 Å². The fourth-order valence-corrected chi connectivity index (χ4v) is 7.94. The molecule has 8 atom stereocenters. The van der Waals surface area contributed by atoms with Gasteiger partial charge in [0.15, 0.2) is 0 Å². The molecule has 1 aliphatic rings. The monoisotopic (exact) mass is 986 g/mol. The minimum absolute atomic E-state index is 0.00426. The van der Waals surface area contributed by atoms with E-state index in [0.29, 0.717) is 5.56 Å². The van der Waals surface area contributed by atoms with Gasteiger partial charge in [-0.05, 0) is 48.3 Å². The Bertz CT molecular complexity index is 1960. The van der Waals surface area contributed by atoms with Crippen LogP contribution in [0.25, 0.3) is 0 Å². The van der Waals surface area contributed by atoms with Gasteiger partial charge in [-0.3, -0.25) is 33.6 Å². The summed E-state index contributed by atoms with van der Waals surface area (Å²) in [5.41, 5.74) is 0.609. The van der Waals surface area contributed by atoms with Crippen molar-refractivity contribution in [2.24, 2.45) is 17.8 Å². The summed E-state index contributed by atoms with van der Waals surface area (Å²) in [6.45, 7) is 10.2. The van der Waals surface area contributed by atoms with E-state index in [2.05, 4.69) is 28.2 Å². The minimum Gasteiger partial charge on any atom is -0.508 e. The summed E-state index contributed by atoms with van der Waals surface area (Å²) in [6.07, 6.45) is 8.82. The molecule has 1 aromatic carbocycles. The third-order valence-electron chi connectivity index (χ3n) is 12.2. The molecule has 0 saturated carbocycles. The van der Waals surface area contributed by atoms with Gasteiger partial charge in [-0.2, -0.15) is 0 Å². The van der Waals surface area contributed by atoms with Gasteiger partial charge in [0.1, 0.15) is 42.6 Å². The molecular weight excluding hydrogens is 907 g/mol. The number of nitrogens with one attached hydrogen (secondary N) is 4.